The number of benzene rings is 2. The van der Waals surface area contributed by atoms with Gasteiger partial charge in [0.25, 0.3) is 5.91 Å². The molecule has 0 bridgehead atoms. The Morgan fingerprint density at radius 3 is 2.48 bits per heavy atom. The molecule has 0 aliphatic carbocycles. The minimum absolute atomic E-state index is 0.133. The van der Waals surface area contributed by atoms with Crippen LogP contribution in [0.3, 0.4) is 0 Å². The molecule has 1 fully saturated rings. The molecule has 2 N–H and O–H groups in total. The lowest BCUT2D eigenvalue weighted by atomic mass is 10.0. The largest absolute Gasteiger partial charge is 0.468 e. The number of ether oxygens (including phenoxy) is 1. The number of methoxy groups -OCH3 is 1. The van der Waals surface area contributed by atoms with Gasteiger partial charge in [0.1, 0.15) is 6.54 Å². The van der Waals surface area contributed by atoms with Gasteiger partial charge in [0, 0.05) is 23.8 Å². The van der Waals surface area contributed by atoms with Gasteiger partial charge in [-0.3, -0.25) is 9.59 Å². The standard InChI is InChI=1S/C22H25N3O4/c1-29-20(26)15-23-21(27)17-9-11-18(12-10-17)24-22(28)25-13-5-8-19(25)14-16-6-3-2-4-7-16/h2-4,6-7,9-12,19H,5,8,13-15H2,1H3,(H,23,27)(H,24,28)/t19-/m1/s1. The minimum Gasteiger partial charge on any atom is -0.468 e. The highest BCUT2D eigenvalue weighted by Gasteiger charge is 2.28. The van der Waals surface area contributed by atoms with E-state index in [0.717, 1.165) is 25.8 Å². The molecule has 0 spiro atoms. The summed E-state index contributed by atoms with van der Waals surface area (Å²) in [4.78, 5) is 37.7. The van der Waals surface area contributed by atoms with Gasteiger partial charge in [-0.05, 0) is 49.1 Å². The summed E-state index contributed by atoms with van der Waals surface area (Å²) in [6.07, 6.45) is 2.82. The van der Waals surface area contributed by atoms with Gasteiger partial charge in [-0.2, -0.15) is 0 Å². The van der Waals surface area contributed by atoms with E-state index in [4.69, 9.17) is 0 Å². The van der Waals surface area contributed by atoms with E-state index in [0.29, 0.717) is 11.3 Å². The average molecular weight is 395 g/mol. The first kappa shape index (κ1) is 20.4. The second-order valence-corrected chi connectivity index (χ2v) is 6.95. The van der Waals surface area contributed by atoms with Gasteiger partial charge in [-0.25, -0.2) is 4.79 Å². The van der Waals surface area contributed by atoms with Crippen LogP contribution in [0.15, 0.2) is 54.6 Å². The van der Waals surface area contributed by atoms with Crippen LogP contribution in [0.5, 0.6) is 0 Å². The van der Waals surface area contributed by atoms with Gasteiger partial charge in [0.2, 0.25) is 0 Å². The van der Waals surface area contributed by atoms with E-state index in [9.17, 15) is 14.4 Å². The minimum atomic E-state index is -0.516. The third kappa shape index (κ3) is 5.57. The summed E-state index contributed by atoms with van der Waals surface area (Å²) in [6.45, 7) is 0.545. The summed E-state index contributed by atoms with van der Waals surface area (Å²) in [5.74, 6) is -0.895. The lowest BCUT2D eigenvalue weighted by molar-refractivity contribution is -0.139. The molecule has 2 aromatic rings. The van der Waals surface area contributed by atoms with Crippen molar-refractivity contribution in [3.8, 4) is 0 Å². The lowest BCUT2D eigenvalue weighted by Crippen LogP contribution is -2.39. The molecule has 1 aliphatic rings. The molecule has 2 aromatic carbocycles. The molecule has 1 atom stereocenters. The van der Waals surface area contributed by atoms with Crippen LogP contribution in [-0.4, -0.2) is 49.0 Å². The zero-order valence-corrected chi connectivity index (χ0v) is 16.4. The molecule has 7 heteroatoms. The molecule has 152 valence electrons. The fourth-order valence-electron chi connectivity index (χ4n) is 3.43. The molecule has 1 aliphatic heterocycles. The normalized spacial score (nSPS) is 15.6. The van der Waals surface area contributed by atoms with Crippen LogP contribution < -0.4 is 10.6 Å². The van der Waals surface area contributed by atoms with Crippen molar-refractivity contribution in [3.63, 3.8) is 0 Å². The van der Waals surface area contributed by atoms with Crippen molar-refractivity contribution in [2.75, 3.05) is 25.5 Å². The number of urea groups is 1. The number of rotatable bonds is 6. The third-order valence-electron chi connectivity index (χ3n) is 4.97. The maximum Gasteiger partial charge on any atom is 0.325 e. The molecule has 3 rings (SSSR count). The molecule has 0 saturated carbocycles. The van der Waals surface area contributed by atoms with Gasteiger partial charge >= 0.3 is 12.0 Å². The molecule has 0 radical (unpaired) electrons. The Kier molecular flexibility index (Phi) is 6.84. The number of nitrogens with zero attached hydrogens (tertiary/aromatic N) is 1. The van der Waals surface area contributed by atoms with Crippen molar-refractivity contribution in [1.29, 1.82) is 0 Å². The van der Waals surface area contributed by atoms with Crippen LogP contribution in [-0.2, 0) is 16.0 Å². The monoisotopic (exact) mass is 395 g/mol. The Morgan fingerprint density at radius 1 is 1.07 bits per heavy atom. The van der Waals surface area contributed by atoms with Crippen molar-refractivity contribution in [3.05, 3.63) is 65.7 Å². The highest BCUT2D eigenvalue weighted by Crippen LogP contribution is 2.22. The number of nitrogens with one attached hydrogen (secondary N) is 2. The topological polar surface area (TPSA) is 87.7 Å². The van der Waals surface area contributed by atoms with Crippen LogP contribution >= 0.6 is 0 Å². The number of hydrogen-bond acceptors (Lipinski definition) is 4. The molecule has 3 amide bonds. The van der Waals surface area contributed by atoms with Gasteiger partial charge in [-0.15, -0.1) is 0 Å². The van der Waals surface area contributed by atoms with E-state index in [-0.39, 0.29) is 24.5 Å². The Morgan fingerprint density at radius 2 is 1.79 bits per heavy atom. The Labute approximate surface area is 170 Å². The van der Waals surface area contributed by atoms with Gasteiger partial charge in [0.15, 0.2) is 0 Å². The molecule has 0 aromatic heterocycles. The van der Waals surface area contributed by atoms with E-state index < -0.39 is 5.97 Å². The number of esters is 1. The van der Waals surface area contributed by atoms with E-state index >= 15 is 0 Å². The predicted octanol–water partition coefficient (Wildman–Crippen LogP) is 2.83. The fraction of sp³-hybridized carbons (Fsp3) is 0.318. The smallest absolute Gasteiger partial charge is 0.325 e. The Hall–Kier alpha value is -3.35. The first-order valence-corrected chi connectivity index (χ1v) is 9.63. The summed E-state index contributed by atoms with van der Waals surface area (Å²) in [6, 6.07) is 16.8. The van der Waals surface area contributed by atoms with Crippen molar-refractivity contribution >= 4 is 23.6 Å². The highest BCUT2D eigenvalue weighted by molar-refractivity contribution is 5.97. The van der Waals surface area contributed by atoms with E-state index in [1.807, 2.05) is 23.1 Å². The zero-order valence-electron chi connectivity index (χ0n) is 16.4. The molecule has 0 unspecified atom stereocenters. The maximum absolute atomic E-state index is 12.7. The van der Waals surface area contributed by atoms with Crippen LogP contribution in [0.1, 0.15) is 28.8 Å². The summed E-state index contributed by atoms with van der Waals surface area (Å²) in [5.41, 5.74) is 2.24. The predicted molar refractivity (Wildman–Crippen MR) is 110 cm³/mol. The maximum atomic E-state index is 12.7. The fourth-order valence-corrected chi connectivity index (χ4v) is 3.43. The lowest BCUT2D eigenvalue weighted by Gasteiger charge is -2.25. The number of carbonyl (C=O) groups excluding carboxylic acids is 3. The highest BCUT2D eigenvalue weighted by atomic mass is 16.5. The molecule has 1 heterocycles. The molecule has 7 nitrogen and oxygen atoms in total. The summed E-state index contributed by atoms with van der Waals surface area (Å²) < 4.78 is 4.49. The molecular formula is C22H25N3O4. The van der Waals surface area contributed by atoms with Crippen molar-refractivity contribution < 1.29 is 19.1 Å². The molecule has 1 saturated heterocycles. The van der Waals surface area contributed by atoms with E-state index in [2.05, 4.69) is 27.5 Å². The summed E-state index contributed by atoms with van der Waals surface area (Å²) in [5, 5.41) is 5.38. The van der Waals surface area contributed by atoms with Crippen LogP contribution in [0.2, 0.25) is 0 Å². The van der Waals surface area contributed by atoms with Crippen LogP contribution in [0.4, 0.5) is 10.5 Å². The van der Waals surface area contributed by atoms with Crippen molar-refractivity contribution in [2.45, 2.75) is 25.3 Å². The number of anilines is 1. The second kappa shape index (κ2) is 9.73. The summed E-state index contributed by atoms with van der Waals surface area (Å²) in [7, 11) is 1.26. The first-order valence-electron chi connectivity index (χ1n) is 9.63. The van der Waals surface area contributed by atoms with Crippen LogP contribution in [0, 0.1) is 0 Å². The quantitative estimate of drug-likeness (QED) is 0.737. The number of hydrogen-bond donors (Lipinski definition) is 2. The van der Waals surface area contributed by atoms with Crippen molar-refractivity contribution in [1.82, 2.24) is 10.2 Å². The Balaban J connectivity index is 1.56. The molecular weight excluding hydrogens is 370 g/mol. The van der Waals surface area contributed by atoms with Gasteiger partial charge in [0.05, 0.1) is 7.11 Å². The SMILES string of the molecule is COC(=O)CNC(=O)c1ccc(NC(=O)N2CCC[C@@H]2Cc2ccccc2)cc1. The van der Waals surface area contributed by atoms with Crippen molar-refractivity contribution in [2.24, 2.45) is 0 Å². The Bertz CT molecular complexity index is 852. The number of amides is 3. The van der Waals surface area contributed by atoms with Gasteiger partial charge in [-0.1, -0.05) is 30.3 Å². The van der Waals surface area contributed by atoms with E-state index in [1.54, 1.807) is 24.3 Å². The first-order chi connectivity index (χ1) is 14.1. The zero-order chi connectivity index (χ0) is 20.6. The number of carbonyl (C=O) groups is 3. The second-order valence-electron chi connectivity index (χ2n) is 6.95. The van der Waals surface area contributed by atoms with Gasteiger partial charge < -0.3 is 20.3 Å². The average Bonchev–Trinajstić information content (AvgIpc) is 3.21. The van der Waals surface area contributed by atoms with E-state index in [1.165, 1.54) is 12.7 Å². The third-order valence-corrected chi connectivity index (χ3v) is 4.97. The van der Waals surface area contributed by atoms with Crippen LogP contribution in [0.25, 0.3) is 0 Å². The number of likely N-dealkylation sites (tertiary alicyclic amines) is 1. The molecule has 29 heavy (non-hydrogen) atoms. The summed E-state index contributed by atoms with van der Waals surface area (Å²) >= 11 is 0.